The number of hydrogen-bond acceptors (Lipinski definition) is 2. The Morgan fingerprint density at radius 1 is 1.09 bits per heavy atom. The van der Waals surface area contributed by atoms with Crippen molar-refractivity contribution in [2.45, 2.75) is 25.9 Å². The summed E-state index contributed by atoms with van der Waals surface area (Å²) in [6, 6.07) is 8.72. The molecule has 1 aromatic carbocycles. The molecule has 6 heteroatoms. The summed E-state index contributed by atoms with van der Waals surface area (Å²) < 4.78 is 39.9. The Kier molecular flexibility index (Phi) is 3.60. The molecular formula is C16H14F3N3. The second-order valence-corrected chi connectivity index (χ2v) is 5.00. The van der Waals surface area contributed by atoms with E-state index >= 15 is 0 Å². The number of hydrogen-bond donors (Lipinski definition) is 0. The summed E-state index contributed by atoms with van der Waals surface area (Å²) in [5, 5.41) is 0. The predicted molar refractivity (Wildman–Crippen MR) is 77.9 cm³/mol. The highest BCUT2D eigenvalue weighted by Crippen LogP contribution is 2.30. The normalized spacial score (nSPS) is 12.0. The largest absolute Gasteiger partial charge is 0.416 e. The number of aryl methyl sites for hydroxylation is 1. The molecule has 0 aliphatic carbocycles. The van der Waals surface area contributed by atoms with Gasteiger partial charge in [-0.3, -0.25) is 4.57 Å². The molecule has 0 saturated carbocycles. The molecule has 2 aromatic heterocycles. The van der Waals surface area contributed by atoms with Gasteiger partial charge in [-0.2, -0.15) is 13.2 Å². The molecule has 0 radical (unpaired) electrons. The van der Waals surface area contributed by atoms with Gasteiger partial charge in [-0.15, -0.1) is 0 Å². The molecule has 3 rings (SSSR count). The first-order valence-electron chi connectivity index (χ1n) is 7.00. The minimum Gasteiger partial charge on any atom is -0.281 e. The monoisotopic (exact) mass is 305 g/mol. The van der Waals surface area contributed by atoms with Gasteiger partial charge in [-0.05, 0) is 42.8 Å². The van der Waals surface area contributed by atoms with Crippen molar-refractivity contribution in [3.8, 4) is 5.69 Å². The van der Waals surface area contributed by atoms with Crippen molar-refractivity contribution in [1.82, 2.24) is 14.5 Å². The van der Waals surface area contributed by atoms with Crippen molar-refractivity contribution >= 4 is 11.2 Å². The smallest absolute Gasteiger partial charge is 0.281 e. The van der Waals surface area contributed by atoms with E-state index in [-0.39, 0.29) is 0 Å². The lowest BCUT2D eigenvalue weighted by atomic mass is 10.2. The fraction of sp³-hybridized carbons (Fsp3) is 0.250. The number of pyridine rings is 1. The Labute approximate surface area is 125 Å². The van der Waals surface area contributed by atoms with Crippen LogP contribution in [0.4, 0.5) is 13.2 Å². The lowest BCUT2D eigenvalue weighted by molar-refractivity contribution is -0.137. The van der Waals surface area contributed by atoms with Crippen LogP contribution in [0.15, 0.2) is 42.6 Å². The van der Waals surface area contributed by atoms with E-state index in [0.717, 1.165) is 36.3 Å². The Hall–Kier alpha value is -2.37. The Morgan fingerprint density at radius 2 is 1.82 bits per heavy atom. The Bertz CT molecular complexity index is 788. The van der Waals surface area contributed by atoms with Crippen LogP contribution in [0.2, 0.25) is 0 Å². The molecule has 0 bridgehead atoms. The third kappa shape index (κ3) is 2.56. The van der Waals surface area contributed by atoms with Gasteiger partial charge in [0.05, 0.1) is 5.56 Å². The minimum absolute atomic E-state index is 0.637. The van der Waals surface area contributed by atoms with Gasteiger partial charge in [0.25, 0.3) is 0 Å². The van der Waals surface area contributed by atoms with E-state index in [2.05, 4.69) is 9.97 Å². The van der Waals surface area contributed by atoms with Crippen molar-refractivity contribution in [1.29, 1.82) is 0 Å². The Morgan fingerprint density at radius 3 is 2.45 bits per heavy atom. The second-order valence-electron chi connectivity index (χ2n) is 5.00. The maximum Gasteiger partial charge on any atom is 0.416 e. The number of imidazole rings is 1. The lowest BCUT2D eigenvalue weighted by Crippen LogP contribution is -2.06. The van der Waals surface area contributed by atoms with E-state index in [0.29, 0.717) is 11.3 Å². The molecule has 0 unspecified atom stereocenters. The molecule has 2 heterocycles. The van der Waals surface area contributed by atoms with Crippen molar-refractivity contribution in [2.24, 2.45) is 0 Å². The van der Waals surface area contributed by atoms with Crippen LogP contribution in [-0.2, 0) is 12.6 Å². The van der Waals surface area contributed by atoms with E-state index in [4.69, 9.17) is 0 Å². The summed E-state index contributed by atoms with van der Waals surface area (Å²) in [4.78, 5) is 8.84. The SMILES string of the molecule is CCCc1nc2cccnc2n1-c1ccc(C(F)(F)F)cc1. The molecule has 0 spiro atoms. The molecule has 0 N–H and O–H groups in total. The van der Waals surface area contributed by atoms with Gasteiger partial charge in [0.1, 0.15) is 11.3 Å². The van der Waals surface area contributed by atoms with E-state index in [1.54, 1.807) is 12.3 Å². The van der Waals surface area contributed by atoms with Gasteiger partial charge in [0.15, 0.2) is 5.65 Å². The van der Waals surface area contributed by atoms with Crippen LogP contribution in [0.1, 0.15) is 24.7 Å². The minimum atomic E-state index is -4.33. The lowest BCUT2D eigenvalue weighted by Gasteiger charge is -2.10. The maximum absolute atomic E-state index is 12.7. The molecule has 0 atom stereocenters. The van der Waals surface area contributed by atoms with Gasteiger partial charge in [0.2, 0.25) is 0 Å². The van der Waals surface area contributed by atoms with Crippen LogP contribution in [0.3, 0.4) is 0 Å². The summed E-state index contributed by atoms with van der Waals surface area (Å²) in [5.74, 6) is 0.802. The number of rotatable bonds is 3. The molecule has 0 aliphatic rings. The number of fused-ring (bicyclic) bond motifs is 1. The summed E-state index contributed by atoms with van der Waals surface area (Å²) in [5.41, 5.74) is 1.37. The molecule has 22 heavy (non-hydrogen) atoms. The fourth-order valence-electron chi connectivity index (χ4n) is 2.42. The first-order chi connectivity index (χ1) is 10.5. The summed E-state index contributed by atoms with van der Waals surface area (Å²) >= 11 is 0. The molecule has 0 amide bonds. The zero-order valence-corrected chi connectivity index (χ0v) is 11.9. The topological polar surface area (TPSA) is 30.7 Å². The van der Waals surface area contributed by atoms with Crippen LogP contribution in [0, 0.1) is 0 Å². The van der Waals surface area contributed by atoms with Gasteiger partial charge in [-0.1, -0.05) is 6.92 Å². The average Bonchev–Trinajstić information content (AvgIpc) is 2.85. The van der Waals surface area contributed by atoms with Crippen LogP contribution in [-0.4, -0.2) is 14.5 Å². The summed E-state index contributed by atoms with van der Waals surface area (Å²) in [7, 11) is 0. The van der Waals surface area contributed by atoms with Crippen molar-refractivity contribution in [3.63, 3.8) is 0 Å². The van der Waals surface area contributed by atoms with E-state index < -0.39 is 11.7 Å². The number of nitrogens with zero attached hydrogens (tertiary/aromatic N) is 3. The number of halogens is 3. The summed E-state index contributed by atoms with van der Waals surface area (Å²) in [6.45, 7) is 2.03. The van der Waals surface area contributed by atoms with Crippen LogP contribution in [0.5, 0.6) is 0 Å². The quantitative estimate of drug-likeness (QED) is 0.718. The Balaban J connectivity index is 2.14. The molecule has 0 fully saturated rings. The van der Waals surface area contributed by atoms with E-state index in [9.17, 15) is 13.2 Å². The second kappa shape index (κ2) is 5.44. The molecule has 0 saturated heterocycles. The zero-order valence-electron chi connectivity index (χ0n) is 11.9. The summed E-state index contributed by atoms with van der Waals surface area (Å²) in [6.07, 6.45) is -1.05. The van der Waals surface area contributed by atoms with Crippen molar-refractivity contribution < 1.29 is 13.2 Å². The van der Waals surface area contributed by atoms with Gasteiger partial charge in [0, 0.05) is 18.3 Å². The molecule has 114 valence electrons. The zero-order chi connectivity index (χ0) is 15.7. The average molecular weight is 305 g/mol. The van der Waals surface area contributed by atoms with Gasteiger partial charge in [-0.25, -0.2) is 9.97 Å². The highest BCUT2D eigenvalue weighted by Gasteiger charge is 2.30. The number of alkyl halides is 3. The number of benzene rings is 1. The maximum atomic E-state index is 12.7. The first kappa shape index (κ1) is 14.6. The van der Waals surface area contributed by atoms with E-state index in [1.807, 2.05) is 17.6 Å². The highest BCUT2D eigenvalue weighted by molar-refractivity contribution is 5.73. The predicted octanol–water partition coefficient (Wildman–Crippen LogP) is 4.39. The standard InChI is InChI=1S/C16H14F3N3/c1-2-4-14-21-13-5-3-10-20-15(13)22(14)12-8-6-11(7-9-12)16(17,18)19/h3,5-10H,2,4H2,1H3. The molecule has 3 aromatic rings. The molecule has 3 nitrogen and oxygen atoms in total. The van der Waals surface area contributed by atoms with Crippen molar-refractivity contribution in [3.05, 3.63) is 54.0 Å². The third-order valence-electron chi connectivity index (χ3n) is 3.41. The van der Waals surface area contributed by atoms with Crippen LogP contribution in [0.25, 0.3) is 16.9 Å². The molecule has 0 aliphatic heterocycles. The molecular weight excluding hydrogens is 291 g/mol. The van der Waals surface area contributed by atoms with Gasteiger partial charge < -0.3 is 0 Å². The number of aromatic nitrogens is 3. The third-order valence-corrected chi connectivity index (χ3v) is 3.41. The fourth-order valence-corrected chi connectivity index (χ4v) is 2.42. The first-order valence-corrected chi connectivity index (χ1v) is 7.00. The highest BCUT2D eigenvalue weighted by atomic mass is 19.4. The van der Waals surface area contributed by atoms with Crippen LogP contribution >= 0.6 is 0 Å². The van der Waals surface area contributed by atoms with Crippen LogP contribution < -0.4 is 0 Å². The van der Waals surface area contributed by atoms with Gasteiger partial charge >= 0.3 is 6.18 Å². The van der Waals surface area contributed by atoms with Crippen molar-refractivity contribution in [2.75, 3.05) is 0 Å². The van der Waals surface area contributed by atoms with E-state index in [1.165, 1.54) is 12.1 Å².